The maximum atomic E-state index is 11.0. The third-order valence-electron chi connectivity index (χ3n) is 4.10. The Bertz CT molecular complexity index is 788. The van der Waals surface area contributed by atoms with Gasteiger partial charge >= 0.3 is 0 Å². The van der Waals surface area contributed by atoms with E-state index in [0.717, 1.165) is 27.0 Å². The number of aliphatic hydroxyl groups is 1. The molecule has 0 bridgehead atoms. The van der Waals surface area contributed by atoms with Gasteiger partial charge in [-0.25, -0.2) is 0 Å². The van der Waals surface area contributed by atoms with Gasteiger partial charge in [0.2, 0.25) is 0 Å². The van der Waals surface area contributed by atoms with Crippen molar-refractivity contribution in [1.82, 2.24) is 0 Å². The number of anilines is 1. The number of nitrogens with one attached hydrogen (secondary N) is 1. The van der Waals surface area contributed by atoms with Gasteiger partial charge in [0.1, 0.15) is 11.9 Å². The first-order valence-electron chi connectivity index (χ1n) is 8.06. The van der Waals surface area contributed by atoms with Crippen LogP contribution >= 0.6 is 15.9 Å². The van der Waals surface area contributed by atoms with Crippen molar-refractivity contribution >= 4 is 21.6 Å². The Morgan fingerprint density at radius 2 is 1.48 bits per heavy atom. The highest BCUT2D eigenvalue weighted by molar-refractivity contribution is 9.10. The molecule has 3 rings (SSSR count). The topological polar surface area (TPSA) is 41.5 Å². The molecule has 0 amide bonds. The smallest absolute Gasteiger partial charge is 0.119 e. The standard InChI is InChI=1S/C21H20BrNO2/c1-25-19-13-11-18(12-14-19)23-20(15-5-3-2-4-6-15)21(24)16-7-9-17(22)10-8-16/h2-14,20-21,23-24H,1H3. The van der Waals surface area contributed by atoms with Crippen molar-refractivity contribution in [3.05, 3.63) is 94.5 Å². The zero-order chi connectivity index (χ0) is 17.6. The summed E-state index contributed by atoms with van der Waals surface area (Å²) in [6, 6.07) is 25.1. The fourth-order valence-corrected chi connectivity index (χ4v) is 2.99. The number of rotatable bonds is 6. The van der Waals surface area contributed by atoms with Crippen molar-refractivity contribution in [3.63, 3.8) is 0 Å². The first kappa shape index (κ1) is 17.5. The summed E-state index contributed by atoms with van der Waals surface area (Å²) >= 11 is 3.43. The summed E-state index contributed by atoms with van der Waals surface area (Å²) in [4.78, 5) is 0. The lowest BCUT2D eigenvalue weighted by Gasteiger charge is -2.26. The van der Waals surface area contributed by atoms with Gasteiger partial charge in [-0.15, -0.1) is 0 Å². The van der Waals surface area contributed by atoms with Crippen LogP contribution in [0.3, 0.4) is 0 Å². The van der Waals surface area contributed by atoms with Gasteiger partial charge in [0, 0.05) is 10.2 Å². The number of hydrogen-bond donors (Lipinski definition) is 2. The molecular formula is C21H20BrNO2. The number of hydrogen-bond acceptors (Lipinski definition) is 3. The monoisotopic (exact) mass is 397 g/mol. The zero-order valence-electron chi connectivity index (χ0n) is 13.9. The minimum absolute atomic E-state index is 0.268. The van der Waals surface area contributed by atoms with E-state index >= 15 is 0 Å². The first-order chi connectivity index (χ1) is 12.2. The van der Waals surface area contributed by atoms with Crippen molar-refractivity contribution in [2.24, 2.45) is 0 Å². The fraction of sp³-hybridized carbons (Fsp3) is 0.143. The molecule has 0 saturated carbocycles. The highest BCUT2D eigenvalue weighted by Crippen LogP contribution is 2.33. The highest BCUT2D eigenvalue weighted by Gasteiger charge is 2.22. The van der Waals surface area contributed by atoms with E-state index in [4.69, 9.17) is 4.74 Å². The predicted octanol–water partition coefficient (Wildman–Crippen LogP) is 5.34. The fourth-order valence-electron chi connectivity index (χ4n) is 2.72. The van der Waals surface area contributed by atoms with Crippen LogP contribution in [0.25, 0.3) is 0 Å². The zero-order valence-corrected chi connectivity index (χ0v) is 15.5. The molecule has 3 nitrogen and oxygen atoms in total. The van der Waals surface area contributed by atoms with E-state index in [0.29, 0.717) is 0 Å². The molecule has 0 aliphatic carbocycles. The maximum Gasteiger partial charge on any atom is 0.119 e. The van der Waals surface area contributed by atoms with Crippen molar-refractivity contribution in [1.29, 1.82) is 0 Å². The van der Waals surface area contributed by atoms with Crippen LogP contribution in [0, 0.1) is 0 Å². The van der Waals surface area contributed by atoms with Crippen LogP contribution in [0.15, 0.2) is 83.3 Å². The van der Waals surface area contributed by atoms with E-state index in [2.05, 4.69) is 21.2 Å². The number of benzene rings is 3. The largest absolute Gasteiger partial charge is 0.497 e. The summed E-state index contributed by atoms with van der Waals surface area (Å²) in [5.74, 6) is 0.801. The molecule has 0 aliphatic rings. The molecule has 0 fully saturated rings. The van der Waals surface area contributed by atoms with Crippen molar-refractivity contribution < 1.29 is 9.84 Å². The Balaban J connectivity index is 1.90. The summed E-state index contributed by atoms with van der Waals surface area (Å²) < 4.78 is 6.19. The quantitative estimate of drug-likeness (QED) is 0.589. The van der Waals surface area contributed by atoms with Gasteiger partial charge in [-0.1, -0.05) is 58.4 Å². The molecule has 0 aromatic heterocycles. The van der Waals surface area contributed by atoms with Gasteiger partial charge in [0.25, 0.3) is 0 Å². The maximum absolute atomic E-state index is 11.0. The predicted molar refractivity (Wildman–Crippen MR) is 105 cm³/mol. The molecule has 4 heteroatoms. The van der Waals surface area contributed by atoms with Gasteiger partial charge in [-0.05, 0) is 47.5 Å². The third-order valence-corrected chi connectivity index (χ3v) is 4.63. The van der Waals surface area contributed by atoms with Crippen LogP contribution in [-0.2, 0) is 0 Å². The van der Waals surface area contributed by atoms with E-state index < -0.39 is 6.10 Å². The van der Waals surface area contributed by atoms with Crippen molar-refractivity contribution in [3.8, 4) is 5.75 Å². The van der Waals surface area contributed by atoms with Gasteiger partial charge in [0.05, 0.1) is 13.2 Å². The van der Waals surface area contributed by atoms with Crippen LogP contribution in [0.4, 0.5) is 5.69 Å². The molecule has 0 aliphatic heterocycles. The van der Waals surface area contributed by atoms with Crippen LogP contribution in [-0.4, -0.2) is 12.2 Å². The second kappa shape index (κ2) is 8.19. The molecule has 0 spiro atoms. The number of methoxy groups -OCH3 is 1. The Kier molecular flexibility index (Phi) is 5.74. The Labute approximate surface area is 156 Å². The summed E-state index contributed by atoms with van der Waals surface area (Å²) in [6.07, 6.45) is -0.683. The lowest BCUT2D eigenvalue weighted by molar-refractivity contribution is 0.155. The van der Waals surface area contributed by atoms with Crippen LogP contribution in [0.1, 0.15) is 23.3 Å². The molecule has 3 aromatic rings. The molecule has 2 N–H and O–H groups in total. The van der Waals surface area contributed by atoms with E-state index in [9.17, 15) is 5.11 Å². The minimum Gasteiger partial charge on any atom is -0.497 e. The lowest BCUT2D eigenvalue weighted by Crippen LogP contribution is -2.19. The number of aliphatic hydroxyl groups excluding tert-OH is 1. The van der Waals surface area contributed by atoms with E-state index in [1.807, 2.05) is 78.9 Å². The number of ether oxygens (including phenoxy) is 1. The summed E-state index contributed by atoms with van der Waals surface area (Å²) in [5.41, 5.74) is 2.80. The summed E-state index contributed by atoms with van der Waals surface area (Å²) in [7, 11) is 1.65. The highest BCUT2D eigenvalue weighted by atomic mass is 79.9. The molecule has 2 unspecified atom stereocenters. The van der Waals surface area contributed by atoms with Crippen LogP contribution in [0.5, 0.6) is 5.75 Å². The average molecular weight is 398 g/mol. The van der Waals surface area contributed by atoms with Crippen LogP contribution in [0.2, 0.25) is 0 Å². The third kappa shape index (κ3) is 4.41. The Morgan fingerprint density at radius 1 is 0.840 bits per heavy atom. The van der Waals surface area contributed by atoms with Gasteiger partial charge in [0.15, 0.2) is 0 Å². The molecule has 2 atom stereocenters. The summed E-state index contributed by atoms with van der Waals surface area (Å²) in [5, 5.41) is 14.4. The van der Waals surface area contributed by atoms with Gasteiger partial charge < -0.3 is 15.2 Å². The Hall–Kier alpha value is -2.30. The number of halogens is 1. The molecular weight excluding hydrogens is 378 g/mol. The Morgan fingerprint density at radius 3 is 2.08 bits per heavy atom. The average Bonchev–Trinajstić information content (AvgIpc) is 2.67. The van der Waals surface area contributed by atoms with Crippen molar-refractivity contribution in [2.45, 2.75) is 12.1 Å². The van der Waals surface area contributed by atoms with E-state index in [-0.39, 0.29) is 6.04 Å². The van der Waals surface area contributed by atoms with E-state index in [1.54, 1.807) is 7.11 Å². The second-order valence-electron chi connectivity index (χ2n) is 5.76. The van der Waals surface area contributed by atoms with E-state index in [1.165, 1.54) is 0 Å². The normalized spacial score (nSPS) is 13.1. The molecule has 0 radical (unpaired) electrons. The lowest BCUT2D eigenvalue weighted by atomic mass is 9.95. The SMILES string of the molecule is COc1ccc(NC(c2ccccc2)C(O)c2ccc(Br)cc2)cc1. The molecule has 25 heavy (non-hydrogen) atoms. The summed E-state index contributed by atoms with van der Waals surface area (Å²) in [6.45, 7) is 0. The molecule has 0 saturated heterocycles. The van der Waals surface area contributed by atoms with Crippen molar-refractivity contribution in [2.75, 3.05) is 12.4 Å². The first-order valence-corrected chi connectivity index (χ1v) is 8.86. The van der Waals surface area contributed by atoms with Crippen LogP contribution < -0.4 is 10.1 Å². The minimum atomic E-state index is -0.683. The molecule has 128 valence electrons. The van der Waals surface area contributed by atoms with Gasteiger partial charge in [-0.2, -0.15) is 0 Å². The molecule has 3 aromatic carbocycles. The van der Waals surface area contributed by atoms with Gasteiger partial charge in [-0.3, -0.25) is 0 Å². The molecule has 0 heterocycles. The second-order valence-corrected chi connectivity index (χ2v) is 6.67.